The minimum atomic E-state index is -0.843. The Morgan fingerprint density at radius 3 is 2.89 bits per heavy atom. The quantitative estimate of drug-likeness (QED) is 0.452. The van der Waals surface area contributed by atoms with E-state index in [4.69, 9.17) is 26.1 Å². The summed E-state index contributed by atoms with van der Waals surface area (Å²) in [4.78, 5) is 25.2. The fourth-order valence-corrected chi connectivity index (χ4v) is 5.78. The monoisotopic (exact) mass is 535 g/mol. The molecule has 1 unspecified atom stereocenters. The molecule has 198 valence electrons. The van der Waals surface area contributed by atoms with Gasteiger partial charge in [-0.05, 0) is 36.7 Å². The predicted molar refractivity (Wildman–Crippen MR) is 145 cm³/mol. The van der Waals surface area contributed by atoms with E-state index in [1.165, 1.54) is 11.1 Å². The molecule has 3 aliphatic heterocycles. The Hall–Kier alpha value is -3.40. The van der Waals surface area contributed by atoms with Gasteiger partial charge in [-0.1, -0.05) is 36.7 Å². The lowest BCUT2D eigenvalue weighted by molar-refractivity contribution is -0.138. The Kier molecular flexibility index (Phi) is 6.37. The molecule has 0 bridgehead atoms. The third-order valence-electron chi connectivity index (χ3n) is 7.52. The van der Waals surface area contributed by atoms with Crippen LogP contribution in [0.3, 0.4) is 0 Å². The Bertz CT molecular complexity index is 1400. The van der Waals surface area contributed by atoms with Gasteiger partial charge in [-0.3, -0.25) is 4.79 Å². The summed E-state index contributed by atoms with van der Waals surface area (Å²) >= 11 is 6.61. The van der Waals surface area contributed by atoms with Gasteiger partial charge in [-0.2, -0.15) is 4.98 Å². The molecule has 3 aliphatic rings. The number of halogens is 1. The van der Waals surface area contributed by atoms with Crippen LogP contribution in [-0.2, 0) is 27.9 Å². The van der Waals surface area contributed by atoms with Crippen molar-refractivity contribution in [1.29, 1.82) is 0 Å². The first-order valence-corrected chi connectivity index (χ1v) is 13.1. The van der Waals surface area contributed by atoms with Gasteiger partial charge in [0.15, 0.2) is 5.82 Å². The SMILES string of the molecule is CN1CCc2c(cc(Nc3ncc(Cl)c(N4CC(C)(CC(=O)O)c5ccccc54)n3)cc2OC2COC2)C1. The maximum absolute atomic E-state index is 11.7. The van der Waals surface area contributed by atoms with Gasteiger partial charge < -0.3 is 29.7 Å². The van der Waals surface area contributed by atoms with Gasteiger partial charge in [0, 0.05) is 48.1 Å². The Morgan fingerprint density at radius 2 is 2.13 bits per heavy atom. The number of ether oxygens (including phenoxy) is 2. The number of carbonyl (C=O) groups is 1. The summed E-state index contributed by atoms with van der Waals surface area (Å²) in [7, 11) is 2.12. The third-order valence-corrected chi connectivity index (χ3v) is 7.78. The maximum Gasteiger partial charge on any atom is 0.304 e. The molecule has 38 heavy (non-hydrogen) atoms. The van der Waals surface area contributed by atoms with Crippen molar-refractivity contribution in [3.63, 3.8) is 0 Å². The molecule has 1 saturated heterocycles. The highest BCUT2D eigenvalue weighted by molar-refractivity contribution is 6.33. The van der Waals surface area contributed by atoms with Crippen molar-refractivity contribution >= 4 is 40.7 Å². The number of carboxylic acid groups (broad SMARTS) is 1. The first kappa shape index (κ1) is 24.9. The molecule has 10 heteroatoms. The highest BCUT2D eigenvalue weighted by Crippen LogP contribution is 2.47. The molecule has 0 radical (unpaired) electrons. The summed E-state index contributed by atoms with van der Waals surface area (Å²) in [5, 5.41) is 13.3. The molecule has 9 nitrogen and oxygen atoms in total. The molecule has 0 aliphatic carbocycles. The largest absolute Gasteiger partial charge is 0.485 e. The van der Waals surface area contributed by atoms with Crippen LogP contribution >= 0.6 is 11.6 Å². The van der Waals surface area contributed by atoms with Crippen LogP contribution in [-0.4, -0.2) is 65.4 Å². The molecule has 2 N–H and O–H groups in total. The number of hydrogen-bond acceptors (Lipinski definition) is 8. The number of hydrogen-bond donors (Lipinski definition) is 2. The van der Waals surface area contributed by atoms with Crippen LogP contribution in [0, 0.1) is 0 Å². The number of benzene rings is 2. The average molecular weight is 536 g/mol. The molecule has 1 atom stereocenters. The van der Waals surface area contributed by atoms with Gasteiger partial charge in [-0.25, -0.2) is 4.98 Å². The lowest BCUT2D eigenvalue weighted by Gasteiger charge is -2.31. The number of para-hydroxylation sites is 1. The van der Waals surface area contributed by atoms with Crippen LogP contribution in [0.15, 0.2) is 42.6 Å². The van der Waals surface area contributed by atoms with Gasteiger partial charge in [0.25, 0.3) is 0 Å². The summed E-state index contributed by atoms with van der Waals surface area (Å²) in [6, 6.07) is 12.0. The fraction of sp³-hybridized carbons (Fsp3) is 0.393. The second-order valence-corrected chi connectivity index (χ2v) is 11.0. The lowest BCUT2D eigenvalue weighted by Crippen LogP contribution is -2.39. The normalized spacial score (nSPS) is 21.0. The standard InChI is InChI=1S/C28H30ClN5O4/c1-28(11-25(35)36)16-34(23-6-4-3-5-21(23)28)26-22(29)12-30-27(32-26)31-18-9-17-13-33(2)8-7-20(17)24(10-18)38-19-14-37-15-19/h3-6,9-10,12,19H,7-8,11,13-16H2,1-2H3,(H,35,36)(H,30,31,32). The van der Waals surface area contributed by atoms with Crippen LogP contribution in [0.25, 0.3) is 0 Å². The van der Waals surface area contributed by atoms with Crippen molar-refractivity contribution in [3.8, 4) is 5.75 Å². The summed E-state index contributed by atoms with van der Waals surface area (Å²) in [5.41, 5.74) is 4.58. The van der Waals surface area contributed by atoms with Crippen molar-refractivity contribution in [3.05, 3.63) is 64.3 Å². The van der Waals surface area contributed by atoms with Crippen molar-refractivity contribution < 1.29 is 19.4 Å². The fourth-order valence-electron chi connectivity index (χ4n) is 5.59. The average Bonchev–Trinajstić information content (AvgIpc) is 3.14. The number of anilines is 4. The van der Waals surface area contributed by atoms with Crippen LogP contribution in [0.2, 0.25) is 5.02 Å². The summed E-state index contributed by atoms with van der Waals surface area (Å²) < 4.78 is 11.6. The highest BCUT2D eigenvalue weighted by Gasteiger charge is 2.42. The van der Waals surface area contributed by atoms with E-state index in [-0.39, 0.29) is 12.5 Å². The van der Waals surface area contributed by atoms with E-state index < -0.39 is 11.4 Å². The van der Waals surface area contributed by atoms with Crippen molar-refractivity contribution in [2.24, 2.45) is 0 Å². The zero-order valence-corrected chi connectivity index (χ0v) is 22.2. The number of nitrogens with zero attached hydrogens (tertiary/aromatic N) is 4. The van der Waals surface area contributed by atoms with Gasteiger partial charge in [-0.15, -0.1) is 0 Å². The number of fused-ring (bicyclic) bond motifs is 2. The summed E-state index contributed by atoms with van der Waals surface area (Å²) in [5.74, 6) is 0.964. The molecular formula is C28H30ClN5O4. The first-order valence-electron chi connectivity index (χ1n) is 12.8. The van der Waals surface area contributed by atoms with Crippen LogP contribution in [0.1, 0.15) is 30.0 Å². The number of likely N-dealkylation sites (N-methyl/N-ethyl adjacent to an activating group) is 1. The Morgan fingerprint density at radius 1 is 1.32 bits per heavy atom. The number of nitrogens with one attached hydrogen (secondary N) is 1. The topological polar surface area (TPSA) is 100 Å². The highest BCUT2D eigenvalue weighted by atomic mass is 35.5. The van der Waals surface area contributed by atoms with Crippen LogP contribution < -0.4 is 15.0 Å². The van der Waals surface area contributed by atoms with E-state index in [1.54, 1.807) is 6.20 Å². The second kappa shape index (κ2) is 9.72. The summed E-state index contributed by atoms with van der Waals surface area (Å²) in [6.45, 7) is 5.44. The van der Waals surface area contributed by atoms with Crippen LogP contribution in [0.5, 0.6) is 5.75 Å². The van der Waals surface area contributed by atoms with Gasteiger partial charge in [0.05, 0.1) is 25.8 Å². The van der Waals surface area contributed by atoms with E-state index in [0.29, 0.717) is 36.5 Å². The Labute approximate surface area is 226 Å². The molecule has 0 amide bonds. The third kappa shape index (κ3) is 4.66. The molecule has 4 heterocycles. The molecule has 0 saturated carbocycles. The van der Waals surface area contributed by atoms with Gasteiger partial charge in [0.1, 0.15) is 16.9 Å². The number of aliphatic carboxylic acids is 1. The van der Waals surface area contributed by atoms with E-state index in [2.05, 4.69) is 28.3 Å². The van der Waals surface area contributed by atoms with Crippen LogP contribution in [0.4, 0.5) is 23.1 Å². The van der Waals surface area contributed by atoms with Crippen molar-refractivity contribution in [2.45, 2.75) is 37.8 Å². The maximum atomic E-state index is 11.7. The van der Waals surface area contributed by atoms with Gasteiger partial charge in [0.2, 0.25) is 5.95 Å². The minimum Gasteiger partial charge on any atom is -0.485 e. The van der Waals surface area contributed by atoms with Gasteiger partial charge >= 0.3 is 5.97 Å². The number of rotatable bonds is 7. The van der Waals surface area contributed by atoms with E-state index in [9.17, 15) is 9.90 Å². The zero-order valence-electron chi connectivity index (χ0n) is 21.4. The number of aromatic nitrogens is 2. The Balaban J connectivity index is 1.33. The predicted octanol–water partition coefficient (Wildman–Crippen LogP) is 4.52. The van der Waals surface area contributed by atoms with E-state index in [0.717, 1.165) is 42.2 Å². The molecule has 3 aromatic rings. The van der Waals surface area contributed by atoms with E-state index in [1.807, 2.05) is 42.2 Å². The smallest absolute Gasteiger partial charge is 0.304 e. The lowest BCUT2D eigenvalue weighted by atomic mass is 9.81. The molecule has 0 spiro atoms. The zero-order chi connectivity index (χ0) is 26.4. The molecule has 1 fully saturated rings. The molecular weight excluding hydrogens is 506 g/mol. The second-order valence-electron chi connectivity index (χ2n) is 10.6. The molecule has 1 aromatic heterocycles. The van der Waals surface area contributed by atoms with E-state index >= 15 is 0 Å². The van der Waals surface area contributed by atoms with Crippen molar-refractivity contribution in [1.82, 2.24) is 14.9 Å². The first-order chi connectivity index (χ1) is 18.3. The molecule has 2 aromatic carbocycles. The minimum absolute atomic E-state index is 0.00665. The van der Waals surface area contributed by atoms with Crippen molar-refractivity contribution in [2.75, 3.05) is 43.6 Å². The number of carboxylic acids is 1. The molecule has 6 rings (SSSR count). The summed E-state index contributed by atoms with van der Waals surface area (Å²) in [6.07, 6.45) is 2.59.